The highest BCUT2D eigenvalue weighted by molar-refractivity contribution is 7.17. The predicted molar refractivity (Wildman–Crippen MR) is 135 cm³/mol. The first-order valence-electron chi connectivity index (χ1n) is 12.1. The number of halogens is 3. The zero-order valence-electron chi connectivity index (χ0n) is 20.6. The monoisotopic (exact) mass is 524 g/mol. The van der Waals surface area contributed by atoms with E-state index in [1.165, 1.54) is 12.3 Å². The second-order valence-electron chi connectivity index (χ2n) is 10.5. The molecule has 1 unspecified atom stereocenters. The van der Waals surface area contributed by atoms with E-state index in [1.54, 1.807) is 17.0 Å². The molecule has 1 N–H and O–H groups in total. The van der Waals surface area contributed by atoms with Crippen LogP contribution in [0.1, 0.15) is 39.2 Å². The molecule has 36 heavy (non-hydrogen) atoms. The van der Waals surface area contributed by atoms with Crippen molar-refractivity contribution in [3.05, 3.63) is 36.0 Å². The van der Waals surface area contributed by atoms with Crippen molar-refractivity contribution in [2.24, 2.45) is 5.92 Å². The quantitative estimate of drug-likeness (QED) is 0.601. The average molecular weight is 525 g/mol. The number of anilines is 1. The third kappa shape index (κ3) is 5.85. The molecule has 4 rings (SSSR count). The number of rotatable bonds is 3. The van der Waals surface area contributed by atoms with E-state index in [0.717, 1.165) is 6.07 Å². The van der Waals surface area contributed by atoms with Crippen molar-refractivity contribution in [1.82, 2.24) is 15.2 Å². The molecule has 1 aromatic carbocycles. The number of alkyl halides is 3. The minimum Gasteiger partial charge on any atom is -0.444 e. The normalized spacial score (nSPS) is 21.6. The van der Waals surface area contributed by atoms with Crippen LogP contribution in [0.3, 0.4) is 0 Å². The molecular formula is C25H32F3N4O3P. The maximum atomic E-state index is 13.4. The van der Waals surface area contributed by atoms with Gasteiger partial charge in [-0.2, -0.15) is 13.2 Å². The summed E-state index contributed by atoms with van der Waals surface area (Å²) in [4.78, 5) is 33.0. The number of ether oxygens (including phenoxy) is 1. The van der Waals surface area contributed by atoms with Crippen molar-refractivity contribution in [1.29, 1.82) is 0 Å². The van der Waals surface area contributed by atoms with E-state index in [-0.39, 0.29) is 29.0 Å². The van der Waals surface area contributed by atoms with Crippen LogP contribution in [0.5, 0.6) is 0 Å². The molecule has 3 atom stereocenters. The molecule has 196 valence electrons. The van der Waals surface area contributed by atoms with Crippen molar-refractivity contribution in [2.75, 3.05) is 31.1 Å². The van der Waals surface area contributed by atoms with Crippen LogP contribution in [0, 0.1) is 5.92 Å². The molecule has 0 radical (unpaired) electrons. The van der Waals surface area contributed by atoms with Gasteiger partial charge in [0, 0.05) is 55.0 Å². The Morgan fingerprint density at radius 3 is 2.44 bits per heavy atom. The summed E-state index contributed by atoms with van der Waals surface area (Å²) < 4.78 is 45.8. The van der Waals surface area contributed by atoms with Crippen molar-refractivity contribution in [3.8, 4) is 0 Å². The molecule has 2 aliphatic heterocycles. The fourth-order valence-corrected chi connectivity index (χ4v) is 5.27. The van der Waals surface area contributed by atoms with Gasteiger partial charge in [-0.1, -0.05) is 0 Å². The zero-order valence-corrected chi connectivity index (χ0v) is 21.8. The number of pyridine rings is 1. The summed E-state index contributed by atoms with van der Waals surface area (Å²) in [5, 5.41) is 3.54. The molecule has 0 saturated carbocycles. The maximum absolute atomic E-state index is 13.4. The van der Waals surface area contributed by atoms with Crippen molar-refractivity contribution < 1.29 is 27.5 Å². The van der Waals surface area contributed by atoms with Gasteiger partial charge in [0.15, 0.2) is 0 Å². The van der Waals surface area contributed by atoms with Crippen LogP contribution >= 0.6 is 9.24 Å². The maximum Gasteiger partial charge on any atom is 0.418 e. The highest BCUT2D eigenvalue weighted by Gasteiger charge is 2.38. The third-order valence-corrected chi connectivity index (χ3v) is 7.28. The fraction of sp³-hybridized carbons (Fsp3) is 0.560. The number of fused-ring (bicyclic) bond motifs is 1. The number of carbonyl (C=O) groups is 2. The lowest BCUT2D eigenvalue weighted by atomic mass is 9.94. The van der Waals surface area contributed by atoms with Crippen LogP contribution in [0.15, 0.2) is 30.5 Å². The minimum atomic E-state index is -4.48. The summed E-state index contributed by atoms with van der Waals surface area (Å²) in [6, 6.07) is 5.68. The number of nitrogens with zero attached hydrogens (tertiary/aromatic N) is 3. The average Bonchev–Trinajstić information content (AvgIpc) is 3.17. The standard InChI is InChI=1S/C25H32F3N4O3P/c1-24(2,3)35-23(34)32-13-18(20(36)14-32)30-22(33)15-8-11-31(12-9-15)19-7-6-17(25(26,27)28)21-16(19)5-4-10-29-21/h4-7,10,15,18,20H,8-9,11-14,36H2,1-3H3,(H,30,33)/t18-,20+/m1/s1. The van der Waals surface area contributed by atoms with E-state index in [4.69, 9.17) is 4.74 Å². The SMILES string of the molecule is CC(C)(C)OC(=O)N1C[C@H](P)[C@H](NC(=O)C2CCN(c3ccc(C(F)(F)F)c4ncccc34)CC2)C1. The molecule has 11 heteroatoms. The lowest BCUT2D eigenvalue weighted by Gasteiger charge is -2.34. The van der Waals surface area contributed by atoms with E-state index in [0.29, 0.717) is 50.1 Å². The summed E-state index contributed by atoms with van der Waals surface area (Å²) in [6.45, 7) is 7.41. The molecule has 2 amide bonds. The Bertz CT molecular complexity index is 1130. The molecule has 2 aliphatic rings. The van der Waals surface area contributed by atoms with Gasteiger partial charge >= 0.3 is 12.3 Å². The first-order valence-corrected chi connectivity index (χ1v) is 12.7. The fourth-order valence-electron chi connectivity index (χ4n) is 4.80. The van der Waals surface area contributed by atoms with Crippen LogP contribution in [-0.4, -0.2) is 65.4 Å². The van der Waals surface area contributed by atoms with E-state index in [9.17, 15) is 22.8 Å². The summed E-state index contributed by atoms with van der Waals surface area (Å²) in [5.41, 5.74) is -0.687. The molecule has 0 spiro atoms. The molecule has 0 aliphatic carbocycles. The Kier molecular flexibility index (Phi) is 7.37. The number of nitrogens with one attached hydrogen (secondary N) is 1. The smallest absolute Gasteiger partial charge is 0.418 e. The number of amides is 2. The Labute approximate surface area is 210 Å². The van der Waals surface area contributed by atoms with Gasteiger partial charge in [-0.05, 0) is 57.9 Å². The highest BCUT2D eigenvalue weighted by Crippen LogP contribution is 2.38. The van der Waals surface area contributed by atoms with Gasteiger partial charge in [0.25, 0.3) is 0 Å². The van der Waals surface area contributed by atoms with Gasteiger partial charge in [0.1, 0.15) is 5.60 Å². The third-order valence-electron chi connectivity index (χ3n) is 6.60. The number of hydrogen-bond donors (Lipinski definition) is 1. The number of carbonyl (C=O) groups excluding carboxylic acids is 2. The van der Waals surface area contributed by atoms with E-state index in [1.807, 2.05) is 25.7 Å². The van der Waals surface area contributed by atoms with Gasteiger partial charge in [0.05, 0.1) is 17.1 Å². The van der Waals surface area contributed by atoms with Crippen LogP contribution in [0.4, 0.5) is 23.7 Å². The van der Waals surface area contributed by atoms with Crippen LogP contribution in [0.25, 0.3) is 10.9 Å². The summed E-state index contributed by atoms with van der Waals surface area (Å²) in [5.74, 6) is -0.259. The second kappa shape index (κ2) is 10.0. The number of benzene rings is 1. The Hall–Kier alpha value is -2.61. The van der Waals surface area contributed by atoms with Gasteiger partial charge in [-0.25, -0.2) is 4.79 Å². The van der Waals surface area contributed by atoms with E-state index < -0.39 is 23.4 Å². The van der Waals surface area contributed by atoms with Crippen molar-refractivity contribution in [2.45, 2.75) is 57.1 Å². The summed E-state index contributed by atoms with van der Waals surface area (Å²) in [7, 11) is 2.70. The minimum absolute atomic E-state index is 0.0209. The molecular weight excluding hydrogens is 492 g/mol. The molecule has 2 saturated heterocycles. The van der Waals surface area contributed by atoms with Gasteiger partial charge < -0.3 is 19.9 Å². The molecule has 0 bridgehead atoms. The first-order chi connectivity index (χ1) is 16.8. The lowest BCUT2D eigenvalue weighted by molar-refractivity contribution is -0.136. The number of likely N-dealkylation sites (tertiary alicyclic amines) is 1. The van der Waals surface area contributed by atoms with Gasteiger partial charge in [0.2, 0.25) is 5.91 Å². The number of aromatic nitrogens is 1. The zero-order chi connectivity index (χ0) is 26.3. The molecule has 7 nitrogen and oxygen atoms in total. The van der Waals surface area contributed by atoms with Crippen LogP contribution < -0.4 is 10.2 Å². The number of hydrogen-bond acceptors (Lipinski definition) is 5. The Morgan fingerprint density at radius 2 is 1.81 bits per heavy atom. The van der Waals surface area contributed by atoms with Gasteiger partial charge in [-0.3, -0.25) is 9.78 Å². The Balaban J connectivity index is 1.37. The van der Waals surface area contributed by atoms with E-state index >= 15 is 0 Å². The second-order valence-corrected chi connectivity index (χ2v) is 11.3. The Morgan fingerprint density at radius 1 is 1.11 bits per heavy atom. The largest absolute Gasteiger partial charge is 0.444 e. The molecule has 1 aromatic heterocycles. The first kappa shape index (κ1) is 26.5. The van der Waals surface area contributed by atoms with Crippen molar-refractivity contribution in [3.63, 3.8) is 0 Å². The summed E-state index contributed by atoms with van der Waals surface area (Å²) in [6.07, 6.45) is -2.34. The highest BCUT2D eigenvalue weighted by atomic mass is 31.0. The van der Waals surface area contributed by atoms with E-state index in [2.05, 4.69) is 19.5 Å². The van der Waals surface area contributed by atoms with Gasteiger partial charge in [-0.15, -0.1) is 9.24 Å². The molecule has 2 fully saturated rings. The summed E-state index contributed by atoms with van der Waals surface area (Å²) >= 11 is 0. The van der Waals surface area contributed by atoms with Crippen LogP contribution in [0.2, 0.25) is 0 Å². The molecule has 2 aromatic rings. The molecule has 3 heterocycles. The topological polar surface area (TPSA) is 74.8 Å². The van der Waals surface area contributed by atoms with Crippen molar-refractivity contribution >= 4 is 37.8 Å². The lowest BCUT2D eigenvalue weighted by Crippen LogP contribution is -2.47. The van der Waals surface area contributed by atoms with Crippen LogP contribution in [-0.2, 0) is 15.7 Å². The predicted octanol–water partition coefficient (Wildman–Crippen LogP) is 4.45. The number of piperidine rings is 1.